The number of benzene rings is 1. The van der Waals surface area contributed by atoms with E-state index in [9.17, 15) is 9.59 Å². The van der Waals surface area contributed by atoms with Crippen molar-refractivity contribution >= 4 is 17.5 Å². The Hall–Kier alpha value is -2.63. The molecule has 2 aromatic rings. The fourth-order valence-corrected chi connectivity index (χ4v) is 3.12. The summed E-state index contributed by atoms with van der Waals surface area (Å²) in [6.07, 6.45) is 2.75. The lowest BCUT2D eigenvalue weighted by molar-refractivity contribution is 0.0927. The Morgan fingerprint density at radius 1 is 1.16 bits per heavy atom. The van der Waals surface area contributed by atoms with Gasteiger partial charge in [0.05, 0.1) is 5.69 Å². The molecular formula is C19H24N4O2. The van der Waals surface area contributed by atoms with Crippen molar-refractivity contribution in [3.63, 3.8) is 0 Å². The summed E-state index contributed by atoms with van der Waals surface area (Å²) < 4.78 is 1.90. The molecule has 0 saturated heterocycles. The van der Waals surface area contributed by atoms with Gasteiger partial charge in [0.15, 0.2) is 11.5 Å². The molecule has 0 radical (unpaired) electrons. The van der Waals surface area contributed by atoms with E-state index in [1.165, 1.54) is 0 Å². The van der Waals surface area contributed by atoms with E-state index in [2.05, 4.69) is 15.6 Å². The lowest BCUT2D eigenvalue weighted by atomic mass is 10.1. The molecule has 0 atom stereocenters. The second-order valence-corrected chi connectivity index (χ2v) is 6.74. The summed E-state index contributed by atoms with van der Waals surface area (Å²) in [5.74, 6) is -0.157. The third-order valence-electron chi connectivity index (χ3n) is 4.35. The normalized spacial score (nSPS) is 13.4. The highest BCUT2D eigenvalue weighted by Gasteiger charge is 2.27. The maximum atomic E-state index is 12.8. The Morgan fingerprint density at radius 3 is 2.64 bits per heavy atom. The van der Waals surface area contributed by atoms with Crippen molar-refractivity contribution in [1.29, 1.82) is 0 Å². The maximum absolute atomic E-state index is 12.8. The van der Waals surface area contributed by atoms with Crippen molar-refractivity contribution < 1.29 is 9.59 Å². The number of para-hydroxylation sites is 1. The number of amides is 2. The van der Waals surface area contributed by atoms with Gasteiger partial charge in [-0.2, -0.15) is 0 Å². The van der Waals surface area contributed by atoms with Gasteiger partial charge in [0.1, 0.15) is 0 Å². The first-order valence-electron chi connectivity index (χ1n) is 8.74. The Morgan fingerprint density at radius 2 is 1.92 bits per heavy atom. The lowest BCUT2D eigenvalue weighted by Gasteiger charge is -2.17. The fraction of sp³-hybridized carbons (Fsp3) is 0.421. The minimum absolute atomic E-state index is 0.0216. The average Bonchev–Trinajstić information content (AvgIpc) is 2.96. The number of imidazole rings is 1. The van der Waals surface area contributed by atoms with Crippen LogP contribution in [0.3, 0.4) is 0 Å². The highest BCUT2D eigenvalue weighted by molar-refractivity contribution is 6.05. The molecule has 2 heterocycles. The SMILES string of the molecule is Cc1ccccc1NC(=O)c1nc(C(=O)NC(C)C)n2c1CCCC2. The molecule has 2 N–H and O–H groups in total. The molecule has 3 rings (SSSR count). The molecule has 0 fully saturated rings. The van der Waals surface area contributed by atoms with Gasteiger partial charge in [0.25, 0.3) is 11.8 Å². The Balaban J connectivity index is 1.93. The van der Waals surface area contributed by atoms with Crippen molar-refractivity contribution in [2.24, 2.45) is 0 Å². The number of aryl methyl sites for hydroxylation is 1. The van der Waals surface area contributed by atoms with Crippen LogP contribution in [0.15, 0.2) is 24.3 Å². The number of nitrogens with zero attached hydrogens (tertiary/aromatic N) is 2. The molecular weight excluding hydrogens is 316 g/mol. The van der Waals surface area contributed by atoms with Crippen molar-refractivity contribution in [3.05, 3.63) is 47.0 Å². The predicted octanol–water partition coefficient (Wildman–Crippen LogP) is 2.92. The van der Waals surface area contributed by atoms with Crippen LogP contribution >= 0.6 is 0 Å². The van der Waals surface area contributed by atoms with Gasteiger partial charge < -0.3 is 15.2 Å². The van der Waals surface area contributed by atoms with E-state index < -0.39 is 0 Å². The number of carbonyl (C=O) groups is 2. The van der Waals surface area contributed by atoms with Gasteiger partial charge in [-0.3, -0.25) is 9.59 Å². The predicted molar refractivity (Wildman–Crippen MR) is 96.9 cm³/mol. The number of rotatable bonds is 4. The topological polar surface area (TPSA) is 76.0 Å². The second kappa shape index (κ2) is 7.09. The van der Waals surface area contributed by atoms with Crippen molar-refractivity contribution in [2.75, 3.05) is 5.32 Å². The van der Waals surface area contributed by atoms with Gasteiger partial charge in [0, 0.05) is 18.3 Å². The van der Waals surface area contributed by atoms with Crippen molar-refractivity contribution in [1.82, 2.24) is 14.9 Å². The molecule has 6 heteroatoms. The molecule has 2 amide bonds. The van der Waals surface area contributed by atoms with Crippen LogP contribution in [0.4, 0.5) is 5.69 Å². The first kappa shape index (κ1) is 17.2. The second-order valence-electron chi connectivity index (χ2n) is 6.74. The first-order valence-corrected chi connectivity index (χ1v) is 8.74. The summed E-state index contributed by atoms with van der Waals surface area (Å²) in [5.41, 5.74) is 2.96. The summed E-state index contributed by atoms with van der Waals surface area (Å²) in [6, 6.07) is 7.64. The van der Waals surface area contributed by atoms with Gasteiger partial charge in [-0.05, 0) is 51.7 Å². The molecule has 1 aliphatic rings. The van der Waals surface area contributed by atoms with Crippen LogP contribution in [0.25, 0.3) is 0 Å². The Bertz CT molecular complexity index is 808. The molecule has 25 heavy (non-hydrogen) atoms. The molecule has 0 saturated carbocycles. The highest BCUT2D eigenvalue weighted by atomic mass is 16.2. The minimum Gasteiger partial charge on any atom is -0.347 e. The van der Waals surface area contributed by atoms with Crippen LogP contribution in [0.1, 0.15) is 59.1 Å². The Labute approximate surface area is 147 Å². The summed E-state index contributed by atoms with van der Waals surface area (Å²) in [6.45, 7) is 6.48. The summed E-state index contributed by atoms with van der Waals surface area (Å²) in [7, 11) is 0. The molecule has 6 nitrogen and oxygen atoms in total. The summed E-state index contributed by atoms with van der Waals surface area (Å²) in [5, 5.41) is 5.79. The monoisotopic (exact) mass is 340 g/mol. The zero-order chi connectivity index (χ0) is 18.0. The van der Waals surface area contributed by atoms with Crippen LogP contribution in [0.2, 0.25) is 0 Å². The van der Waals surface area contributed by atoms with E-state index in [1.54, 1.807) is 0 Å². The van der Waals surface area contributed by atoms with Gasteiger partial charge in [-0.25, -0.2) is 4.98 Å². The molecule has 0 spiro atoms. The zero-order valence-electron chi connectivity index (χ0n) is 14.9. The molecule has 0 aliphatic carbocycles. The molecule has 132 valence electrons. The molecule has 1 aromatic carbocycles. The summed E-state index contributed by atoms with van der Waals surface area (Å²) >= 11 is 0. The van der Waals surface area contributed by atoms with Crippen LogP contribution in [-0.2, 0) is 13.0 Å². The van der Waals surface area contributed by atoms with E-state index in [-0.39, 0.29) is 17.9 Å². The molecule has 1 aromatic heterocycles. The van der Waals surface area contributed by atoms with Gasteiger partial charge in [0.2, 0.25) is 0 Å². The highest BCUT2D eigenvalue weighted by Crippen LogP contribution is 2.23. The van der Waals surface area contributed by atoms with E-state index >= 15 is 0 Å². The van der Waals surface area contributed by atoms with Crippen LogP contribution < -0.4 is 10.6 Å². The average molecular weight is 340 g/mol. The summed E-state index contributed by atoms with van der Waals surface area (Å²) in [4.78, 5) is 29.6. The minimum atomic E-state index is -0.261. The molecule has 1 aliphatic heterocycles. The largest absolute Gasteiger partial charge is 0.347 e. The first-order chi connectivity index (χ1) is 12.0. The van der Waals surface area contributed by atoms with E-state index in [1.807, 2.05) is 49.6 Å². The number of hydrogen-bond donors (Lipinski definition) is 2. The number of aromatic nitrogens is 2. The number of fused-ring (bicyclic) bond motifs is 1. The van der Waals surface area contributed by atoms with Crippen LogP contribution in [0, 0.1) is 6.92 Å². The Kier molecular flexibility index (Phi) is 4.88. The third-order valence-corrected chi connectivity index (χ3v) is 4.35. The van der Waals surface area contributed by atoms with Crippen LogP contribution in [0.5, 0.6) is 0 Å². The van der Waals surface area contributed by atoms with Crippen LogP contribution in [-0.4, -0.2) is 27.4 Å². The fourth-order valence-electron chi connectivity index (χ4n) is 3.12. The van der Waals surface area contributed by atoms with E-state index in [0.29, 0.717) is 11.5 Å². The van der Waals surface area contributed by atoms with Crippen molar-refractivity contribution in [2.45, 2.75) is 52.6 Å². The van der Waals surface area contributed by atoms with Gasteiger partial charge in [-0.1, -0.05) is 18.2 Å². The lowest BCUT2D eigenvalue weighted by Crippen LogP contribution is -2.33. The standard InChI is InChI=1S/C19H24N4O2/c1-12(2)20-19(25)17-22-16(15-10-6-7-11-23(15)17)18(24)21-14-9-5-4-8-13(14)3/h4-5,8-9,12H,6-7,10-11H2,1-3H3,(H,20,25)(H,21,24). The smallest absolute Gasteiger partial charge is 0.287 e. The third kappa shape index (κ3) is 3.57. The van der Waals surface area contributed by atoms with Gasteiger partial charge in [-0.15, -0.1) is 0 Å². The van der Waals surface area contributed by atoms with E-state index in [4.69, 9.17) is 0 Å². The zero-order valence-corrected chi connectivity index (χ0v) is 14.9. The molecule has 0 bridgehead atoms. The number of hydrogen-bond acceptors (Lipinski definition) is 3. The quantitative estimate of drug-likeness (QED) is 0.898. The van der Waals surface area contributed by atoms with Gasteiger partial charge >= 0.3 is 0 Å². The number of nitrogens with one attached hydrogen (secondary N) is 2. The molecule has 0 unspecified atom stereocenters. The van der Waals surface area contributed by atoms with E-state index in [0.717, 1.165) is 42.8 Å². The van der Waals surface area contributed by atoms with Crippen molar-refractivity contribution in [3.8, 4) is 0 Å². The number of carbonyl (C=O) groups excluding carboxylic acids is 2. The maximum Gasteiger partial charge on any atom is 0.287 e. The number of anilines is 1.